The van der Waals surface area contributed by atoms with Gasteiger partial charge in [0.2, 0.25) is 0 Å². The van der Waals surface area contributed by atoms with Gasteiger partial charge in [-0.3, -0.25) is 9.69 Å². The first kappa shape index (κ1) is 24.2. The summed E-state index contributed by atoms with van der Waals surface area (Å²) in [5, 5.41) is 4.92. The third kappa shape index (κ3) is 5.26. The monoisotopic (exact) mass is 491 g/mol. The SMILES string of the molecule is CCCCN1C(=O)/C(=C/c2cn(-c3ccccc3)nc2-c2ccc(OC(C)C)cc2C)SC1=S. The molecule has 7 heteroatoms. The van der Waals surface area contributed by atoms with E-state index in [1.54, 1.807) is 4.90 Å². The van der Waals surface area contributed by atoms with Gasteiger partial charge in [0, 0.05) is 23.9 Å². The van der Waals surface area contributed by atoms with E-state index in [0.717, 1.165) is 46.7 Å². The van der Waals surface area contributed by atoms with Gasteiger partial charge in [0.15, 0.2) is 0 Å². The molecule has 1 saturated heterocycles. The van der Waals surface area contributed by atoms with Gasteiger partial charge in [-0.2, -0.15) is 5.10 Å². The number of carbonyl (C=O) groups is 1. The van der Waals surface area contributed by atoms with Crippen molar-refractivity contribution in [1.29, 1.82) is 0 Å². The Kier molecular flexibility index (Phi) is 7.54. The minimum absolute atomic E-state index is 0.0285. The lowest BCUT2D eigenvalue weighted by molar-refractivity contribution is -0.122. The number of hydrogen-bond acceptors (Lipinski definition) is 5. The summed E-state index contributed by atoms with van der Waals surface area (Å²) in [5.41, 5.74) is 4.70. The number of aryl methyl sites for hydroxylation is 1. The molecule has 34 heavy (non-hydrogen) atoms. The second-order valence-corrected chi connectivity index (χ2v) is 10.2. The largest absolute Gasteiger partial charge is 0.491 e. The van der Waals surface area contributed by atoms with E-state index in [0.29, 0.717) is 15.8 Å². The number of para-hydroxylation sites is 1. The molecule has 176 valence electrons. The predicted molar refractivity (Wildman–Crippen MR) is 144 cm³/mol. The number of carbonyl (C=O) groups excluding carboxylic acids is 1. The zero-order chi connectivity index (χ0) is 24.2. The summed E-state index contributed by atoms with van der Waals surface area (Å²) in [6, 6.07) is 16.0. The zero-order valence-corrected chi connectivity index (χ0v) is 21.6. The average Bonchev–Trinajstić information content (AvgIpc) is 3.33. The van der Waals surface area contributed by atoms with E-state index in [1.807, 2.05) is 79.3 Å². The fraction of sp³-hybridized carbons (Fsp3) is 0.296. The number of thioether (sulfide) groups is 1. The van der Waals surface area contributed by atoms with Crippen LogP contribution in [0, 0.1) is 6.92 Å². The molecule has 1 amide bonds. The molecule has 0 unspecified atom stereocenters. The number of aromatic nitrogens is 2. The van der Waals surface area contributed by atoms with Crippen molar-refractivity contribution >= 4 is 40.3 Å². The van der Waals surface area contributed by atoms with Gasteiger partial charge in [-0.15, -0.1) is 0 Å². The third-order valence-corrected chi connectivity index (χ3v) is 6.86. The smallest absolute Gasteiger partial charge is 0.266 e. The second-order valence-electron chi connectivity index (χ2n) is 8.54. The normalized spacial score (nSPS) is 15.1. The van der Waals surface area contributed by atoms with Gasteiger partial charge >= 0.3 is 0 Å². The van der Waals surface area contributed by atoms with Crippen molar-refractivity contribution in [1.82, 2.24) is 14.7 Å². The molecule has 1 fully saturated rings. The first-order valence-corrected chi connectivity index (χ1v) is 12.8. The van der Waals surface area contributed by atoms with Gasteiger partial charge in [-0.1, -0.05) is 55.5 Å². The molecule has 0 aliphatic carbocycles. The van der Waals surface area contributed by atoms with Crippen LogP contribution in [0.3, 0.4) is 0 Å². The number of rotatable bonds is 8. The van der Waals surface area contributed by atoms with Crippen LogP contribution in [0.5, 0.6) is 5.75 Å². The van der Waals surface area contributed by atoms with E-state index in [1.165, 1.54) is 11.8 Å². The number of ether oxygens (including phenoxy) is 1. The average molecular weight is 492 g/mol. The summed E-state index contributed by atoms with van der Waals surface area (Å²) in [6.45, 7) is 8.85. The van der Waals surface area contributed by atoms with Crippen molar-refractivity contribution in [3.05, 3.63) is 70.8 Å². The number of nitrogens with zero attached hydrogens (tertiary/aromatic N) is 3. The minimum atomic E-state index is -0.0285. The Morgan fingerprint density at radius 2 is 1.94 bits per heavy atom. The highest BCUT2D eigenvalue weighted by molar-refractivity contribution is 8.26. The van der Waals surface area contributed by atoms with Gasteiger partial charge in [-0.05, 0) is 69.2 Å². The van der Waals surface area contributed by atoms with E-state index in [-0.39, 0.29) is 12.0 Å². The highest BCUT2D eigenvalue weighted by atomic mass is 32.2. The topological polar surface area (TPSA) is 47.4 Å². The molecule has 0 bridgehead atoms. The molecule has 4 rings (SSSR count). The number of benzene rings is 2. The van der Waals surface area contributed by atoms with Gasteiger partial charge in [0.25, 0.3) is 5.91 Å². The van der Waals surface area contributed by atoms with Gasteiger partial charge < -0.3 is 4.74 Å². The van der Waals surface area contributed by atoms with Crippen LogP contribution in [-0.2, 0) is 4.79 Å². The summed E-state index contributed by atoms with van der Waals surface area (Å²) in [4.78, 5) is 15.4. The van der Waals surface area contributed by atoms with Crippen LogP contribution in [0.2, 0.25) is 0 Å². The Hall–Kier alpha value is -2.90. The number of unbranched alkanes of at least 4 members (excludes halogenated alkanes) is 1. The maximum Gasteiger partial charge on any atom is 0.266 e. The highest BCUT2D eigenvalue weighted by Gasteiger charge is 2.32. The van der Waals surface area contributed by atoms with Gasteiger partial charge in [-0.25, -0.2) is 4.68 Å². The van der Waals surface area contributed by atoms with E-state index in [9.17, 15) is 4.79 Å². The minimum Gasteiger partial charge on any atom is -0.491 e. The fourth-order valence-corrected chi connectivity index (χ4v) is 5.11. The fourth-order valence-electron chi connectivity index (χ4n) is 3.81. The molecule has 0 radical (unpaired) electrons. The second kappa shape index (κ2) is 10.6. The molecule has 1 aliphatic heterocycles. The Morgan fingerprint density at radius 3 is 2.62 bits per heavy atom. The summed E-state index contributed by atoms with van der Waals surface area (Å²) < 4.78 is 8.34. The molecule has 1 aliphatic rings. The Balaban J connectivity index is 1.77. The molecule has 3 aromatic rings. The highest BCUT2D eigenvalue weighted by Crippen LogP contribution is 2.36. The molecule has 2 heterocycles. The first-order valence-electron chi connectivity index (χ1n) is 11.6. The first-order chi connectivity index (χ1) is 16.4. The lowest BCUT2D eigenvalue weighted by atomic mass is 10.0. The quantitative estimate of drug-likeness (QED) is 0.261. The van der Waals surface area contributed by atoms with Crippen LogP contribution in [0.1, 0.15) is 44.7 Å². The van der Waals surface area contributed by atoms with E-state index in [2.05, 4.69) is 13.8 Å². The molecule has 1 aromatic heterocycles. The van der Waals surface area contributed by atoms with Crippen LogP contribution < -0.4 is 4.74 Å². The number of thiocarbonyl (C=S) groups is 1. The van der Waals surface area contributed by atoms with Crippen molar-refractivity contribution in [2.45, 2.75) is 46.6 Å². The maximum atomic E-state index is 13.1. The van der Waals surface area contributed by atoms with Crippen LogP contribution in [-0.4, -0.2) is 37.6 Å². The number of hydrogen-bond donors (Lipinski definition) is 0. The van der Waals surface area contributed by atoms with Gasteiger partial charge in [0.05, 0.1) is 16.7 Å². The van der Waals surface area contributed by atoms with E-state index in [4.69, 9.17) is 22.1 Å². The molecule has 0 saturated carbocycles. The van der Waals surface area contributed by atoms with Crippen molar-refractivity contribution in [3.63, 3.8) is 0 Å². The van der Waals surface area contributed by atoms with Crippen molar-refractivity contribution in [2.24, 2.45) is 0 Å². The number of amides is 1. The van der Waals surface area contributed by atoms with Crippen LogP contribution in [0.4, 0.5) is 0 Å². The lowest BCUT2D eigenvalue weighted by Gasteiger charge is -2.13. The van der Waals surface area contributed by atoms with E-state index < -0.39 is 0 Å². The summed E-state index contributed by atoms with van der Waals surface area (Å²) >= 11 is 6.86. The molecule has 5 nitrogen and oxygen atoms in total. The maximum absolute atomic E-state index is 13.1. The van der Waals surface area contributed by atoms with Crippen molar-refractivity contribution in [2.75, 3.05) is 6.54 Å². The molecule has 2 aromatic carbocycles. The summed E-state index contributed by atoms with van der Waals surface area (Å²) in [5.74, 6) is 0.802. The van der Waals surface area contributed by atoms with Gasteiger partial charge in [0.1, 0.15) is 15.8 Å². The van der Waals surface area contributed by atoms with E-state index >= 15 is 0 Å². The lowest BCUT2D eigenvalue weighted by Crippen LogP contribution is -2.28. The molecule has 0 N–H and O–H groups in total. The zero-order valence-electron chi connectivity index (χ0n) is 19.9. The Morgan fingerprint density at radius 1 is 1.18 bits per heavy atom. The van der Waals surface area contributed by atoms with Crippen LogP contribution in [0.15, 0.2) is 59.6 Å². The Labute approximate surface area is 210 Å². The standard InChI is InChI=1S/C27H29N3O2S2/c1-5-6-14-29-26(31)24(34-27(29)33)16-20-17-30(21-10-8-7-9-11-21)28-25(20)23-13-12-22(15-19(23)4)32-18(2)3/h7-13,15-18H,5-6,14H2,1-4H3/b24-16-. The van der Waals surface area contributed by atoms with Crippen molar-refractivity contribution in [3.8, 4) is 22.7 Å². The predicted octanol–water partition coefficient (Wildman–Crippen LogP) is 6.64. The van der Waals surface area contributed by atoms with Crippen LogP contribution in [0.25, 0.3) is 23.0 Å². The molecule has 0 atom stereocenters. The summed E-state index contributed by atoms with van der Waals surface area (Å²) in [6.07, 6.45) is 5.94. The molecule has 0 spiro atoms. The molecular weight excluding hydrogens is 462 g/mol. The van der Waals surface area contributed by atoms with Crippen molar-refractivity contribution < 1.29 is 9.53 Å². The third-order valence-electron chi connectivity index (χ3n) is 5.48. The van der Waals surface area contributed by atoms with Crippen LogP contribution >= 0.6 is 24.0 Å². The summed E-state index contributed by atoms with van der Waals surface area (Å²) in [7, 11) is 0. The molecular formula is C27H29N3O2S2. The Bertz CT molecular complexity index is 1230.